The van der Waals surface area contributed by atoms with Crippen molar-refractivity contribution in [1.29, 1.82) is 0 Å². The second-order valence-corrected chi connectivity index (χ2v) is 5.13. The highest BCUT2D eigenvalue weighted by atomic mass is 16.5. The Morgan fingerprint density at radius 2 is 1.95 bits per heavy atom. The van der Waals surface area contributed by atoms with Crippen molar-refractivity contribution < 1.29 is 9.15 Å². The fourth-order valence-corrected chi connectivity index (χ4v) is 2.40. The van der Waals surface area contributed by atoms with E-state index in [-0.39, 0.29) is 5.43 Å². The van der Waals surface area contributed by atoms with Crippen molar-refractivity contribution in [3.05, 3.63) is 64.3 Å². The fraction of sp³-hybridized carbons (Fsp3) is 0.167. The van der Waals surface area contributed by atoms with Crippen LogP contribution in [0.5, 0.6) is 0 Å². The molecule has 112 valence electrons. The van der Waals surface area contributed by atoms with Crippen LogP contribution in [0.15, 0.2) is 57.7 Å². The third-order valence-corrected chi connectivity index (χ3v) is 3.48. The van der Waals surface area contributed by atoms with E-state index in [0.717, 1.165) is 16.8 Å². The topological polar surface area (TPSA) is 51.5 Å². The minimum atomic E-state index is -0.0403. The van der Waals surface area contributed by atoms with Gasteiger partial charge in [-0.05, 0) is 31.2 Å². The number of anilines is 1. The molecule has 0 aliphatic rings. The van der Waals surface area contributed by atoms with Crippen molar-refractivity contribution in [3.8, 4) is 11.3 Å². The van der Waals surface area contributed by atoms with Gasteiger partial charge >= 0.3 is 0 Å². The monoisotopic (exact) mass is 295 g/mol. The van der Waals surface area contributed by atoms with Crippen molar-refractivity contribution in [1.82, 2.24) is 0 Å². The Hall–Kier alpha value is -2.59. The van der Waals surface area contributed by atoms with Crippen molar-refractivity contribution in [2.75, 3.05) is 19.2 Å². The van der Waals surface area contributed by atoms with Gasteiger partial charge in [-0.3, -0.25) is 4.79 Å². The molecule has 0 atom stereocenters. The summed E-state index contributed by atoms with van der Waals surface area (Å²) in [7, 11) is 1.62. The van der Waals surface area contributed by atoms with Gasteiger partial charge in [-0.25, -0.2) is 0 Å². The van der Waals surface area contributed by atoms with E-state index in [1.165, 1.54) is 6.07 Å². The summed E-state index contributed by atoms with van der Waals surface area (Å²) in [5.74, 6) is 0.542. The van der Waals surface area contributed by atoms with Gasteiger partial charge in [0.05, 0.1) is 5.39 Å². The number of ether oxygens (including phenoxy) is 1. The number of methoxy groups -OCH3 is 1. The van der Waals surface area contributed by atoms with Crippen molar-refractivity contribution in [3.63, 3.8) is 0 Å². The Morgan fingerprint density at radius 3 is 2.77 bits per heavy atom. The molecule has 0 spiro atoms. The van der Waals surface area contributed by atoms with Crippen LogP contribution in [0.1, 0.15) is 5.56 Å². The number of aryl methyl sites for hydroxylation is 1. The molecule has 0 aliphatic carbocycles. The molecule has 3 rings (SSSR count). The lowest BCUT2D eigenvalue weighted by molar-refractivity contribution is 0.221. The molecule has 4 heteroatoms. The van der Waals surface area contributed by atoms with Gasteiger partial charge in [0.2, 0.25) is 0 Å². The average molecular weight is 295 g/mol. The largest absolute Gasteiger partial charge is 0.456 e. The summed E-state index contributed by atoms with van der Waals surface area (Å²) in [6.45, 7) is 2.34. The number of rotatable bonds is 4. The molecule has 3 aromatic rings. The van der Waals surface area contributed by atoms with Crippen LogP contribution in [0.25, 0.3) is 22.3 Å². The molecule has 2 aromatic carbocycles. The molecular weight excluding hydrogens is 278 g/mol. The molecule has 22 heavy (non-hydrogen) atoms. The Kier molecular flexibility index (Phi) is 3.94. The predicted octanol–water partition coefficient (Wildman–Crippen LogP) is 3.78. The summed E-state index contributed by atoms with van der Waals surface area (Å²) in [5.41, 5.74) is 3.28. The normalized spacial score (nSPS) is 10.8. The van der Waals surface area contributed by atoms with Gasteiger partial charge < -0.3 is 14.5 Å². The molecule has 1 N–H and O–H groups in total. The summed E-state index contributed by atoms with van der Waals surface area (Å²) in [4.78, 5) is 12.3. The molecule has 0 radical (unpaired) electrons. The van der Waals surface area contributed by atoms with E-state index < -0.39 is 0 Å². The second kappa shape index (κ2) is 6.03. The van der Waals surface area contributed by atoms with Crippen LogP contribution in [0.3, 0.4) is 0 Å². The molecular formula is C18H17NO3. The molecule has 4 nitrogen and oxygen atoms in total. The number of hydrogen-bond donors (Lipinski definition) is 1. The lowest BCUT2D eigenvalue weighted by Crippen LogP contribution is -2.05. The van der Waals surface area contributed by atoms with E-state index in [9.17, 15) is 4.79 Å². The minimum Gasteiger partial charge on any atom is -0.456 e. The summed E-state index contributed by atoms with van der Waals surface area (Å²) in [6, 6.07) is 14.8. The van der Waals surface area contributed by atoms with E-state index in [1.54, 1.807) is 7.11 Å². The van der Waals surface area contributed by atoms with Crippen LogP contribution in [0, 0.1) is 6.92 Å². The maximum atomic E-state index is 12.3. The maximum absolute atomic E-state index is 12.3. The summed E-state index contributed by atoms with van der Waals surface area (Å²) >= 11 is 0. The molecule has 0 bridgehead atoms. The SMILES string of the molecule is COCNc1ccccc1-c1cc(=O)c2cc(C)ccc2o1. The Balaban J connectivity index is 2.15. The van der Waals surface area contributed by atoms with Gasteiger partial charge in [-0.2, -0.15) is 0 Å². The number of para-hydroxylation sites is 1. The van der Waals surface area contributed by atoms with E-state index in [1.807, 2.05) is 49.4 Å². The number of nitrogens with one attached hydrogen (secondary N) is 1. The van der Waals surface area contributed by atoms with Crippen molar-refractivity contribution in [2.45, 2.75) is 6.92 Å². The lowest BCUT2D eigenvalue weighted by atomic mass is 10.1. The minimum absolute atomic E-state index is 0.0403. The highest BCUT2D eigenvalue weighted by molar-refractivity contribution is 5.82. The molecule has 0 aliphatic heterocycles. The number of hydrogen-bond acceptors (Lipinski definition) is 4. The Labute approximate surface area is 128 Å². The predicted molar refractivity (Wildman–Crippen MR) is 88.2 cm³/mol. The molecule has 0 unspecified atom stereocenters. The molecule has 1 aromatic heterocycles. The smallest absolute Gasteiger partial charge is 0.193 e. The van der Waals surface area contributed by atoms with Gasteiger partial charge in [0.15, 0.2) is 5.43 Å². The Bertz CT molecular complexity index is 868. The third-order valence-electron chi connectivity index (χ3n) is 3.48. The average Bonchev–Trinajstić information content (AvgIpc) is 2.53. The zero-order chi connectivity index (χ0) is 15.5. The van der Waals surface area contributed by atoms with Gasteiger partial charge in [-0.15, -0.1) is 0 Å². The van der Waals surface area contributed by atoms with E-state index in [0.29, 0.717) is 23.5 Å². The number of benzene rings is 2. The van der Waals surface area contributed by atoms with Gasteiger partial charge in [0.25, 0.3) is 0 Å². The summed E-state index contributed by atoms with van der Waals surface area (Å²) in [6.07, 6.45) is 0. The first-order chi connectivity index (χ1) is 10.7. The van der Waals surface area contributed by atoms with Crippen LogP contribution in [0.4, 0.5) is 5.69 Å². The first-order valence-electron chi connectivity index (χ1n) is 7.06. The van der Waals surface area contributed by atoms with Crippen LogP contribution in [-0.4, -0.2) is 13.8 Å². The standard InChI is InChI=1S/C18H17NO3/c1-12-7-8-17-14(9-12)16(20)10-18(22-17)13-5-3-4-6-15(13)19-11-21-2/h3-10,19H,11H2,1-2H3. The van der Waals surface area contributed by atoms with Crippen LogP contribution < -0.4 is 10.7 Å². The molecule has 0 fully saturated rings. The van der Waals surface area contributed by atoms with Gasteiger partial charge in [0, 0.05) is 24.4 Å². The van der Waals surface area contributed by atoms with E-state index in [2.05, 4.69) is 5.32 Å². The second-order valence-electron chi connectivity index (χ2n) is 5.13. The van der Waals surface area contributed by atoms with Crippen LogP contribution in [0.2, 0.25) is 0 Å². The molecule has 1 heterocycles. The zero-order valence-corrected chi connectivity index (χ0v) is 12.6. The summed E-state index contributed by atoms with van der Waals surface area (Å²) in [5, 5.41) is 3.76. The van der Waals surface area contributed by atoms with Gasteiger partial charge in [-0.1, -0.05) is 23.8 Å². The Morgan fingerprint density at radius 1 is 1.14 bits per heavy atom. The van der Waals surface area contributed by atoms with E-state index in [4.69, 9.17) is 9.15 Å². The molecule has 0 saturated heterocycles. The van der Waals surface area contributed by atoms with E-state index >= 15 is 0 Å². The number of fused-ring (bicyclic) bond motifs is 1. The quantitative estimate of drug-likeness (QED) is 0.744. The molecule has 0 saturated carbocycles. The molecule has 0 amide bonds. The maximum Gasteiger partial charge on any atom is 0.193 e. The lowest BCUT2D eigenvalue weighted by Gasteiger charge is -2.11. The van der Waals surface area contributed by atoms with Gasteiger partial charge in [0.1, 0.15) is 18.1 Å². The van der Waals surface area contributed by atoms with Crippen LogP contribution >= 0.6 is 0 Å². The van der Waals surface area contributed by atoms with Crippen LogP contribution in [-0.2, 0) is 4.74 Å². The first-order valence-corrected chi connectivity index (χ1v) is 7.06. The van der Waals surface area contributed by atoms with Crippen molar-refractivity contribution in [2.24, 2.45) is 0 Å². The third kappa shape index (κ3) is 2.73. The highest BCUT2D eigenvalue weighted by Gasteiger charge is 2.10. The zero-order valence-electron chi connectivity index (χ0n) is 12.6. The highest BCUT2D eigenvalue weighted by Crippen LogP contribution is 2.29. The first kappa shape index (κ1) is 14.4. The van der Waals surface area contributed by atoms with Crippen molar-refractivity contribution >= 4 is 16.7 Å². The summed E-state index contributed by atoms with van der Waals surface area (Å²) < 4.78 is 11.0. The fourth-order valence-electron chi connectivity index (χ4n) is 2.40.